The van der Waals surface area contributed by atoms with Gasteiger partial charge in [0, 0.05) is 66.9 Å². The molecule has 0 atom stereocenters. The third kappa shape index (κ3) is 9.85. The molecule has 0 fully saturated rings. The van der Waals surface area contributed by atoms with Crippen molar-refractivity contribution in [2.75, 3.05) is 9.80 Å². The molecule has 0 saturated carbocycles. The summed E-state index contributed by atoms with van der Waals surface area (Å²) in [6, 6.07) is 86.7. The van der Waals surface area contributed by atoms with Crippen molar-refractivity contribution in [2.45, 2.75) is 78.6 Å². The fourth-order valence-corrected chi connectivity index (χ4v) is 16.2. The molecule has 1 aliphatic heterocycles. The van der Waals surface area contributed by atoms with E-state index in [-0.39, 0.29) is 37.3 Å². The van der Waals surface area contributed by atoms with E-state index in [0.29, 0.717) is 11.5 Å². The van der Waals surface area contributed by atoms with Gasteiger partial charge in [0.2, 0.25) is 0 Å². The van der Waals surface area contributed by atoms with Gasteiger partial charge in [-0.1, -0.05) is 219 Å². The van der Waals surface area contributed by atoms with Crippen LogP contribution in [0, 0.1) is 18.8 Å². The standard InChI is InChI=1S/C72H65N4OSi.Pt/c1-70(2,3)51-42-52(71(4,5)6)44-54(43-51)75-49-74(66-34-21-22-35-67(66)75)53-24-23-25-55(45-53)77-56-38-41-62-61-32-19-20-33-65(61)76(68(62)46-56)69-47-64(72(7,8)9)63(48-73-69)50-36-39-60(40-37-50)78(57-26-13-10-14-27-57,58-28-15-11-16-29-58)59-30-17-12-18-31-59;/h10-44,47-49H,1-9H3;/q-3;. The molecule has 0 aliphatic carbocycles. The number of hydrogen-bond donors (Lipinski definition) is 0. The number of para-hydroxylation sites is 3. The molecule has 396 valence electrons. The molecule has 1 aliphatic rings. The Kier molecular flexibility index (Phi) is 14.0. The van der Waals surface area contributed by atoms with Crippen molar-refractivity contribution < 1.29 is 25.8 Å². The third-order valence-corrected chi connectivity index (χ3v) is 20.3. The first kappa shape index (κ1) is 53.2. The minimum absolute atomic E-state index is 0. The number of rotatable bonds is 10. The average molecular weight is 1230 g/mol. The SMILES string of the molecule is CC(C)(C)c1cc(N2[CH-]N(c3[c-]c(Oc4[c-]c5c(cc4)c4ccccc4n5-c4cc(C(C)(C)C)c(-c5ccc([Si](c6ccccc6)(c6ccccc6)c6ccccc6)cc5)cn4)ccc3)c3ccccc32)cc(C(C)(C)C)c1.[Pt]. The van der Waals surface area contributed by atoms with Crippen molar-refractivity contribution in [1.82, 2.24) is 9.55 Å². The molecule has 0 saturated heterocycles. The first-order chi connectivity index (χ1) is 37.6. The summed E-state index contributed by atoms with van der Waals surface area (Å²) in [7, 11) is -2.69. The monoisotopic (exact) mass is 1220 g/mol. The summed E-state index contributed by atoms with van der Waals surface area (Å²) in [5.41, 5.74) is 12.0. The van der Waals surface area contributed by atoms with Crippen molar-refractivity contribution >= 4 is 73.4 Å². The molecule has 0 spiro atoms. The number of aromatic nitrogens is 2. The van der Waals surface area contributed by atoms with E-state index in [1.807, 2.05) is 18.2 Å². The molecule has 0 bridgehead atoms. The molecule has 0 radical (unpaired) electrons. The van der Waals surface area contributed by atoms with Gasteiger partial charge >= 0.3 is 0 Å². The van der Waals surface area contributed by atoms with Crippen molar-refractivity contribution in [3.8, 4) is 28.4 Å². The van der Waals surface area contributed by atoms with Crippen molar-refractivity contribution in [3.05, 3.63) is 260 Å². The Bertz CT molecular complexity index is 3860. The normalized spacial score (nSPS) is 12.9. The fourth-order valence-electron chi connectivity index (χ4n) is 11.4. The van der Waals surface area contributed by atoms with E-state index in [9.17, 15) is 0 Å². The second kappa shape index (κ2) is 20.8. The number of benzene rings is 9. The van der Waals surface area contributed by atoms with Crippen LogP contribution in [0.5, 0.6) is 11.5 Å². The Morgan fingerprint density at radius 3 is 1.58 bits per heavy atom. The van der Waals surface area contributed by atoms with E-state index in [1.54, 1.807) is 0 Å². The summed E-state index contributed by atoms with van der Waals surface area (Å²) in [5.74, 6) is 2.02. The Morgan fingerprint density at radius 1 is 0.468 bits per heavy atom. The van der Waals surface area contributed by atoms with Crippen LogP contribution in [0.2, 0.25) is 0 Å². The maximum Gasteiger partial charge on any atom is 0.179 e. The maximum absolute atomic E-state index is 6.76. The van der Waals surface area contributed by atoms with Gasteiger partial charge < -0.3 is 19.1 Å². The quantitative estimate of drug-likeness (QED) is 0.0776. The van der Waals surface area contributed by atoms with Gasteiger partial charge in [0.25, 0.3) is 0 Å². The predicted molar refractivity (Wildman–Crippen MR) is 329 cm³/mol. The minimum atomic E-state index is -2.69. The van der Waals surface area contributed by atoms with Gasteiger partial charge in [0.05, 0.1) is 0 Å². The van der Waals surface area contributed by atoms with Crippen LogP contribution in [0.25, 0.3) is 38.8 Å². The van der Waals surface area contributed by atoms with Crippen molar-refractivity contribution in [2.24, 2.45) is 0 Å². The van der Waals surface area contributed by atoms with Crippen LogP contribution in [0.15, 0.2) is 225 Å². The summed E-state index contributed by atoms with van der Waals surface area (Å²) in [6.07, 6.45) is 2.07. The zero-order valence-electron chi connectivity index (χ0n) is 46.5. The number of hydrogen-bond acceptors (Lipinski definition) is 4. The van der Waals surface area contributed by atoms with Gasteiger partial charge in [-0.05, 0) is 101 Å². The first-order valence-corrected chi connectivity index (χ1v) is 29.2. The van der Waals surface area contributed by atoms with Crippen LogP contribution in [-0.2, 0) is 37.3 Å². The fraction of sp³-hybridized carbons (Fsp3) is 0.167. The first-order valence-electron chi connectivity index (χ1n) is 27.2. The summed E-state index contributed by atoms with van der Waals surface area (Å²) in [4.78, 5) is 9.84. The molecule has 0 unspecified atom stereocenters. The Morgan fingerprint density at radius 2 is 1.00 bits per heavy atom. The predicted octanol–water partition coefficient (Wildman–Crippen LogP) is 15.9. The second-order valence-electron chi connectivity index (χ2n) is 23.8. The molecule has 7 heteroatoms. The number of fused-ring (bicyclic) bond motifs is 4. The maximum atomic E-state index is 6.76. The minimum Gasteiger partial charge on any atom is -0.509 e. The zero-order valence-corrected chi connectivity index (χ0v) is 49.7. The van der Waals surface area contributed by atoms with E-state index in [1.165, 1.54) is 37.4 Å². The number of pyridine rings is 1. The summed E-state index contributed by atoms with van der Waals surface area (Å²) < 4.78 is 9.00. The van der Waals surface area contributed by atoms with E-state index in [0.717, 1.165) is 61.5 Å². The van der Waals surface area contributed by atoms with E-state index in [4.69, 9.17) is 9.72 Å². The summed E-state index contributed by atoms with van der Waals surface area (Å²) >= 11 is 0. The van der Waals surface area contributed by atoms with Crippen LogP contribution in [0.4, 0.5) is 22.7 Å². The van der Waals surface area contributed by atoms with E-state index < -0.39 is 8.07 Å². The van der Waals surface area contributed by atoms with Gasteiger partial charge in [-0.3, -0.25) is 0 Å². The molecule has 0 amide bonds. The smallest absolute Gasteiger partial charge is 0.179 e. The molecule has 79 heavy (non-hydrogen) atoms. The van der Waals surface area contributed by atoms with Crippen LogP contribution in [-0.4, -0.2) is 17.6 Å². The van der Waals surface area contributed by atoms with Gasteiger partial charge in [-0.2, -0.15) is 12.1 Å². The molecular weight excluding hydrogens is 1160 g/mol. The Labute approximate surface area is 482 Å². The topological polar surface area (TPSA) is 33.5 Å². The second-order valence-corrected chi connectivity index (χ2v) is 27.6. The van der Waals surface area contributed by atoms with Gasteiger partial charge in [0.1, 0.15) is 5.82 Å². The summed E-state index contributed by atoms with van der Waals surface area (Å²) in [6.45, 7) is 22.8. The third-order valence-electron chi connectivity index (χ3n) is 15.5. The van der Waals surface area contributed by atoms with Gasteiger partial charge in [-0.15, -0.1) is 48.1 Å². The molecule has 11 aromatic rings. The van der Waals surface area contributed by atoms with Crippen LogP contribution in [0.3, 0.4) is 0 Å². The molecule has 12 rings (SSSR count). The molecular formula is C72H65N4OPtSi-3. The zero-order chi connectivity index (χ0) is 54.0. The molecule has 3 heterocycles. The average Bonchev–Trinajstić information content (AvgIpc) is 4.25. The Balaban J connectivity index is 0.00000660. The molecule has 9 aromatic carbocycles. The van der Waals surface area contributed by atoms with Crippen molar-refractivity contribution in [3.63, 3.8) is 0 Å². The van der Waals surface area contributed by atoms with Crippen LogP contribution >= 0.6 is 0 Å². The number of anilines is 4. The van der Waals surface area contributed by atoms with Crippen LogP contribution in [0.1, 0.15) is 79.0 Å². The largest absolute Gasteiger partial charge is 0.509 e. The molecule has 2 aromatic heterocycles. The molecule has 5 nitrogen and oxygen atoms in total. The Hall–Kier alpha value is -7.76. The van der Waals surface area contributed by atoms with Crippen LogP contribution < -0.4 is 35.3 Å². The summed E-state index contributed by atoms with van der Waals surface area (Å²) in [5, 5.41) is 7.59. The van der Waals surface area contributed by atoms with Crippen molar-refractivity contribution in [1.29, 1.82) is 0 Å². The van der Waals surface area contributed by atoms with Gasteiger partial charge in [0.15, 0.2) is 8.07 Å². The van der Waals surface area contributed by atoms with E-state index in [2.05, 4.69) is 302 Å². The number of nitrogens with zero attached hydrogens (tertiary/aromatic N) is 4. The van der Waals surface area contributed by atoms with Gasteiger partial charge in [-0.25, -0.2) is 4.98 Å². The number of ether oxygens (including phenoxy) is 1. The van der Waals surface area contributed by atoms with E-state index >= 15 is 0 Å². The molecule has 0 N–H and O–H groups in total.